The van der Waals surface area contributed by atoms with Crippen LogP contribution < -0.4 is 5.32 Å². The number of aryl methyl sites for hydroxylation is 2. The quantitative estimate of drug-likeness (QED) is 0.870. The van der Waals surface area contributed by atoms with Crippen LogP contribution in [0, 0.1) is 13.8 Å². The first-order chi connectivity index (χ1) is 11.4. The monoisotopic (exact) mass is 333 g/mol. The Hall–Kier alpha value is -1.89. The Morgan fingerprint density at radius 2 is 2.08 bits per heavy atom. The third-order valence-corrected chi connectivity index (χ3v) is 5.01. The Bertz CT molecular complexity index is 633. The highest BCUT2D eigenvalue weighted by molar-refractivity contribution is 5.89. The average molecular weight is 333 g/mol. The summed E-state index contributed by atoms with van der Waals surface area (Å²) >= 11 is 0. The van der Waals surface area contributed by atoms with Crippen molar-refractivity contribution in [1.82, 2.24) is 24.9 Å². The molecule has 1 N–H and O–H groups in total. The van der Waals surface area contributed by atoms with E-state index in [2.05, 4.69) is 35.2 Å². The van der Waals surface area contributed by atoms with Crippen LogP contribution in [-0.2, 0) is 9.59 Å². The topological polar surface area (TPSA) is 70.5 Å². The maximum Gasteiger partial charge on any atom is 0.237 e. The first-order valence-corrected chi connectivity index (χ1v) is 8.70. The van der Waals surface area contributed by atoms with Crippen LogP contribution in [0.4, 0.5) is 0 Å². The van der Waals surface area contributed by atoms with Gasteiger partial charge in [-0.1, -0.05) is 0 Å². The van der Waals surface area contributed by atoms with E-state index in [1.807, 2.05) is 23.4 Å². The number of likely N-dealkylation sites (tertiary alicyclic amines) is 1. The molecule has 24 heavy (non-hydrogen) atoms. The van der Waals surface area contributed by atoms with E-state index in [1.54, 1.807) is 0 Å². The number of hydrogen-bond acceptors (Lipinski definition) is 4. The number of hydrogen-bond donors (Lipinski definition) is 1. The fourth-order valence-electron chi connectivity index (χ4n) is 3.68. The van der Waals surface area contributed by atoms with Gasteiger partial charge in [0, 0.05) is 37.9 Å². The molecule has 0 spiro atoms. The van der Waals surface area contributed by atoms with Crippen molar-refractivity contribution in [3.8, 4) is 0 Å². The average Bonchev–Trinajstić information content (AvgIpc) is 2.78. The molecule has 0 radical (unpaired) electrons. The predicted molar refractivity (Wildman–Crippen MR) is 90.6 cm³/mol. The zero-order chi connectivity index (χ0) is 17.4. The van der Waals surface area contributed by atoms with E-state index in [-0.39, 0.29) is 36.4 Å². The molecule has 7 heteroatoms. The molecule has 2 aliphatic heterocycles. The summed E-state index contributed by atoms with van der Waals surface area (Å²) in [5.74, 6) is 0.0272. The molecule has 0 saturated carbocycles. The van der Waals surface area contributed by atoms with Crippen molar-refractivity contribution >= 4 is 11.8 Å². The van der Waals surface area contributed by atoms with Gasteiger partial charge in [-0.25, -0.2) is 0 Å². The summed E-state index contributed by atoms with van der Waals surface area (Å²) in [6.07, 6.45) is 0.258. The van der Waals surface area contributed by atoms with Crippen molar-refractivity contribution in [3.63, 3.8) is 0 Å². The minimum atomic E-state index is -0.348. The second-order valence-electron chi connectivity index (χ2n) is 7.17. The van der Waals surface area contributed by atoms with Gasteiger partial charge < -0.3 is 10.2 Å². The van der Waals surface area contributed by atoms with Crippen LogP contribution in [0.3, 0.4) is 0 Å². The fraction of sp³-hybridized carbons (Fsp3) is 0.706. The van der Waals surface area contributed by atoms with E-state index in [4.69, 9.17) is 0 Å². The van der Waals surface area contributed by atoms with E-state index in [9.17, 15) is 9.59 Å². The zero-order valence-corrected chi connectivity index (χ0v) is 15.0. The maximum absolute atomic E-state index is 12.6. The molecule has 2 amide bonds. The predicted octanol–water partition coefficient (Wildman–Crippen LogP) is 0.482. The molecular formula is C17H27N5O2. The number of aromatic nitrogens is 2. The molecule has 0 aliphatic carbocycles. The summed E-state index contributed by atoms with van der Waals surface area (Å²) in [4.78, 5) is 28.7. The van der Waals surface area contributed by atoms with E-state index in [0.717, 1.165) is 17.9 Å². The van der Waals surface area contributed by atoms with Gasteiger partial charge in [0.05, 0.1) is 24.2 Å². The first-order valence-electron chi connectivity index (χ1n) is 8.70. The minimum Gasteiger partial charge on any atom is -0.353 e. The molecule has 1 aromatic rings. The van der Waals surface area contributed by atoms with Gasteiger partial charge in [-0.15, -0.1) is 0 Å². The normalized spacial score (nSPS) is 22.6. The van der Waals surface area contributed by atoms with E-state index in [0.29, 0.717) is 19.6 Å². The zero-order valence-electron chi connectivity index (χ0n) is 15.0. The highest BCUT2D eigenvalue weighted by Crippen LogP contribution is 2.24. The molecule has 3 heterocycles. The molecule has 2 saturated heterocycles. The summed E-state index contributed by atoms with van der Waals surface area (Å²) in [7, 11) is 0. The van der Waals surface area contributed by atoms with Crippen molar-refractivity contribution in [1.29, 1.82) is 0 Å². The van der Waals surface area contributed by atoms with Gasteiger partial charge in [-0.05, 0) is 33.8 Å². The van der Waals surface area contributed by atoms with Crippen LogP contribution in [0.1, 0.15) is 37.7 Å². The third kappa shape index (κ3) is 3.17. The number of carbonyl (C=O) groups is 2. The number of nitrogens with one attached hydrogen (secondary N) is 1. The van der Waals surface area contributed by atoms with Gasteiger partial charge >= 0.3 is 0 Å². The van der Waals surface area contributed by atoms with E-state index >= 15 is 0 Å². The summed E-state index contributed by atoms with van der Waals surface area (Å²) in [6.45, 7) is 11.0. The van der Waals surface area contributed by atoms with Crippen LogP contribution in [0.25, 0.3) is 0 Å². The van der Waals surface area contributed by atoms with Crippen LogP contribution >= 0.6 is 0 Å². The number of amides is 2. The third-order valence-electron chi connectivity index (χ3n) is 5.01. The molecule has 7 nitrogen and oxygen atoms in total. The van der Waals surface area contributed by atoms with Gasteiger partial charge in [0.15, 0.2) is 0 Å². The molecule has 0 bridgehead atoms. The molecule has 1 atom stereocenters. The van der Waals surface area contributed by atoms with Crippen LogP contribution in [-0.4, -0.2) is 69.7 Å². The molecule has 3 rings (SSSR count). The van der Waals surface area contributed by atoms with Crippen LogP contribution in [0.5, 0.6) is 0 Å². The Labute approximate surface area is 143 Å². The lowest BCUT2D eigenvalue weighted by Gasteiger charge is -2.42. The SMILES string of the molecule is Cc1cc(C)n(C2CN(C(=O)C[C@H]3C(=O)NCCN3C(C)C)C2)n1. The fourth-order valence-corrected chi connectivity index (χ4v) is 3.68. The maximum atomic E-state index is 12.6. The Morgan fingerprint density at radius 3 is 2.67 bits per heavy atom. The Balaban J connectivity index is 1.58. The number of rotatable bonds is 4. The van der Waals surface area contributed by atoms with Gasteiger partial charge in [0.25, 0.3) is 0 Å². The molecule has 0 unspecified atom stereocenters. The van der Waals surface area contributed by atoms with Crippen molar-refractivity contribution in [2.45, 2.75) is 52.2 Å². The number of carbonyl (C=O) groups excluding carboxylic acids is 2. The standard InChI is InChI=1S/C17H27N5O2/c1-11(2)21-6-5-18-17(24)15(21)8-16(23)20-9-14(10-20)22-13(4)7-12(3)19-22/h7,11,14-15H,5-6,8-10H2,1-4H3,(H,18,24)/t15-/m0/s1. The minimum absolute atomic E-state index is 0.0288. The lowest BCUT2D eigenvalue weighted by molar-refractivity contribution is -0.143. The second kappa shape index (κ2) is 6.55. The summed E-state index contributed by atoms with van der Waals surface area (Å²) < 4.78 is 2.01. The summed E-state index contributed by atoms with van der Waals surface area (Å²) in [5.41, 5.74) is 2.13. The molecule has 0 aromatic carbocycles. The number of nitrogens with zero attached hydrogens (tertiary/aromatic N) is 4. The molecule has 2 fully saturated rings. The lowest BCUT2D eigenvalue weighted by Crippen LogP contribution is -2.60. The van der Waals surface area contributed by atoms with Crippen LogP contribution in [0.2, 0.25) is 0 Å². The van der Waals surface area contributed by atoms with Crippen molar-refractivity contribution in [2.24, 2.45) is 0 Å². The highest BCUT2D eigenvalue weighted by atomic mass is 16.2. The van der Waals surface area contributed by atoms with Gasteiger partial charge in [0.1, 0.15) is 0 Å². The smallest absolute Gasteiger partial charge is 0.237 e. The van der Waals surface area contributed by atoms with E-state index < -0.39 is 0 Å². The molecular weight excluding hydrogens is 306 g/mol. The second-order valence-corrected chi connectivity index (χ2v) is 7.17. The molecule has 2 aliphatic rings. The van der Waals surface area contributed by atoms with Gasteiger partial charge in [-0.2, -0.15) is 5.10 Å². The van der Waals surface area contributed by atoms with Crippen molar-refractivity contribution < 1.29 is 9.59 Å². The molecule has 132 valence electrons. The van der Waals surface area contributed by atoms with Crippen molar-refractivity contribution in [2.75, 3.05) is 26.2 Å². The lowest BCUT2D eigenvalue weighted by atomic mass is 10.0. The summed E-state index contributed by atoms with van der Waals surface area (Å²) in [5, 5.41) is 7.37. The van der Waals surface area contributed by atoms with Gasteiger partial charge in [0.2, 0.25) is 11.8 Å². The largest absolute Gasteiger partial charge is 0.353 e. The number of piperazine rings is 1. The Morgan fingerprint density at radius 1 is 1.38 bits per heavy atom. The molecule has 1 aromatic heterocycles. The first kappa shape index (κ1) is 17.0. The van der Waals surface area contributed by atoms with Crippen molar-refractivity contribution in [3.05, 3.63) is 17.5 Å². The summed E-state index contributed by atoms with van der Waals surface area (Å²) in [6, 6.07) is 2.22. The Kier molecular flexibility index (Phi) is 4.62. The van der Waals surface area contributed by atoms with E-state index in [1.165, 1.54) is 0 Å². The van der Waals surface area contributed by atoms with Gasteiger partial charge in [-0.3, -0.25) is 19.2 Å². The highest BCUT2D eigenvalue weighted by Gasteiger charge is 2.38. The van der Waals surface area contributed by atoms with Crippen LogP contribution in [0.15, 0.2) is 6.07 Å².